The summed E-state index contributed by atoms with van der Waals surface area (Å²) in [5.74, 6) is -0.228. The fraction of sp³-hybridized carbons (Fsp3) is 0.556. The minimum atomic E-state index is -0.228. The molecule has 0 aliphatic rings. The van der Waals surface area contributed by atoms with Gasteiger partial charge in [-0.3, -0.25) is 9.48 Å². The zero-order valence-electron chi connectivity index (χ0n) is 8.49. The van der Waals surface area contributed by atoms with E-state index in [0.717, 1.165) is 12.2 Å². The molecule has 0 saturated carbocycles. The third-order valence-electron chi connectivity index (χ3n) is 2.07. The molecule has 0 fully saturated rings. The largest absolute Gasteiger partial charge is 0.469 e. The molecule has 1 heterocycles. The van der Waals surface area contributed by atoms with Gasteiger partial charge in [-0.1, -0.05) is 0 Å². The van der Waals surface area contributed by atoms with Crippen molar-refractivity contribution in [2.75, 3.05) is 12.8 Å². The molecule has 5 heteroatoms. The van der Waals surface area contributed by atoms with Crippen LogP contribution in [0, 0.1) is 0 Å². The molecular weight excluding hydrogens is 182 g/mol. The average Bonchev–Trinajstić information content (AvgIpc) is 2.55. The first-order chi connectivity index (χ1) is 6.69. The van der Waals surface area contributed by atoms with E-state index >= 15 is 0 Å². The lowest BCUT2D eigenvalue weighted by Gasteiger charge is -2.04. The number of hydrogen-bond acceptors (Lipinski definition) is 4. The lowest BCUT2D eigenvalue weighted by Crippen LogP contribution is -2.08. The first kappa shape index (κ1) is 10.6. The van der Waals surface area contributed by atoms with Gasteiger partial charge in [0, 0.05) is 13.0 Å². The lowest BCUT2D eigenvalue weighted by atomic mass is 10.2. The van der Waals surface area contributed by atoms with Gasteiger partial charge < -0.3 is 10.5 Å². The first-order valence-electron chi connectivity index (χ1n) is 4.56. The third-order valence-corrected chi connectivity index (χ3v) is 2.07. The van der Waals surface area contributed by atoms with E-state index in [2.05, 4.69) is 9.84 Å². The molecule has 1 aromatic heterocycles. The number of carbonyl (C=O) groups is 1. The highest BCUT2D eigenvalue weighted by Gasteiger charge is 2.09. The van der Waals surface area contributed by atoms with Crippen LogP contribution in [0.3, 0.4) is 0 Å². The van der Waals surface area contributed by atoms with Gasteiger partial charge in [0.25, 0.3) is 0 Å². The fourth-order valence-electron chi connectivity index (χ4n) is 1.29. The summed E-state index contributed by atoms with van der Waals surface area (Å²) in [6, 6.07) is 0. The minimum absolute atomic E-state index is 0.228. The van der Waals surface area contributed by atoms with Crippen LogP contribution >= 0.6 is 0 Å². The van der Waals surface area contributed by atoms with Crippen LogP contribution in [0.5, 0.6) is 0 Å². The molecule has 0 amide bonds. The molecule has 0 spiro atoms. The Labute approximate surface area is 82.8 Å². The molecule has 5 nitrogen and oxygen atoms in total. The van der Waals surface area contributed by atoms with Crippen LogP contribution in [-0.2, 0) is 22.5 Å². The maximum absolute atomic E-state index is 10.9. The Bertz CT molecular complexity index is 320. The van der Waals surface area contributed by atoms with Crippen molar-refractivity contribution in [1.82, 2.24) is 9.78 Å². The zero-order valence-corrected chi connectivity index (χ0v) is 8.49. The number of hydrogen-bond donors (Lipinski definition) is 1. The predicted octanol–water partition coefficient (Wildman–Crippen LogP) is 0.591. The second kappa shape index (κ2) is 4.64. The Hall–Kier alpha value is -1.52. The fourth-order valence-corrected chi connectivity index (χ4v) is 1.29. The van der Waals surface area contributed by atoms with Crippen LogP contribution in [0.2, 0.25) is 0 Å². The summed E-state index contributed by atoms with van der Waals surface area (Å²) in [5.41, 5.74) is 7.24. The normalized spacial score (nSPS) is 10.1. The van der Waals surface area contributed by atoms with E-state index in [1.54, 1.807) is 10.9 Å². The highest BCUT2D eigenvalue weighted by molar-refractivity contribution is 5.69. The second-order valence-electron chi connectivity index (χ2n) is 2.94. The van der Waals surface area contributed by atoms with Gasteiger partial charge in [-0.05, 0) is 6.92 Å². The molecule has 0 saturated heterocycles. The molecule has 2 N–H and O–H groups in total. The highest BCUT2D eigenvalue weighted by atomic mass is 16.5. The summed E-state index contributed by atoms with van der Waals surface area (Å²) >= 11 is 0. The van der Waals surface area contributed by atoms with Gasteiger partial charge in [-0.15, -0.1) is 0 Å². The quantitative estimate of drug-likeness (QED) is 0.717. The molecule has 1 aromatic rings. The van der Waals surface area contributed by atoms with Crippen molar-refractivity contribution in [2.24, 2.45) is 0 Å². The Morgan fingerprint density at radius 3 is 3.00 bits per heavy atom. The molecule has 0 bridgehead atoms. The molecule has 0 atom stereocenters. The first-order valence-corrected chi connectivity index (χ1v) is 4.56. The molecule has 14 heavy (non-hydrogen) atoms. The number of nitrogen functional groups attached to an aromatic ring is 1. The predicted molar refractivity (Wildman–Crippen MR) is 52.7 cm³/mol. The van der Waals surface area contributed by atoms with E-state index in [-0.39, 0.29) is 5.97 Å². The van der Waals surface area contributed by atoms with Crippen LogP contribution in [0.4, 0.5) is 5.69 Å². The van der Waals surface area contributed by atoms with E-state index in [4.69, 9.17) is 5.73 Å². The van der Waals surface area contributed by atoms with Gasteiger partial charge in [0.1, 0.15) is 0 Å². The van der Waals surface area contributed by atoms with Crippen molar-refractivity contribution in [3.05, 3.63) is 11.9 Å². The maximum Gasteiger partial charge on any atom is 0.305 e. The molecule has 78 valence electrons. The molecule has 0 aliphatic heterocycles. The summed E-state index contributed by atoms with van der Waals surface area (Å²) in [4.78, 5) is 10.9. The number of anilines is 1. The van der Waals surface area contributed by atoms with Gasteiger partial charge in [-0.2, -0.15) is 5.10 Å². The van der Waals surface area contributed by atoms with E-state index in [1.165, 1.54) is 7.11 Å². The molecule has 0 aromatic carbocycles. The number of nitrogens with zero attached hydrogens (tertiary/aromatic N) is 2. The van der Waals surface area contributed by atoms with Crippen molar-refractivity contribution >= 4 is 11.7 Å². The third kappa shape index (κ3) is 2.25. The standard InChI is InChI=1S/C9H15N3O2/c1-3-12-8(7(10)6-11-12)4-5-9(13)14-2/h6H,3-5,10H2,1-2H3. The number of esters is 1. The number of aromatic nitrogens is 2. The Morgan fingerprint density at radius 1 is 1.71 bits per heavy atom. The minimum Gasteiger partial charge on any atom is -0.469 e. The number of carbonyl (C=O) groups excluding carboxylic acids is 1. The topological polar surface area (TPSA) is 70.1 Å². The van der Waals surface area contributed by atoms with Crippen LogP contribution < -0.4 is 5.73 Å². The van der Waals surface area contributed by atoms with Gasteiger partial charge in [0.05, 0.1) is 31.1 Å². The van der Waals surface area contributed by atoms with Crippen LogP contribution in [0.1, 0.15) is 19.0 Å². The SMILES string of the molecule is CCn1ncc(N)c1CCC(=O)OC. The monoisotopic (exact) mass is 197 g/mol. The summed E-state index contributed by atoms with van der Waals surface area (Å²) < 4.78 is 6.34. The summed E-state index contributed by atoms with van der Waals surface area (Å²) in [6.45, 7) is 2.74. The number of methoxy groups -OCH3 is 1. The lowest BCUT2D eigenvalue weighted by molar-refractivity contribution is -0.140. The highest BCUT2D eigenvalue weighted by Crippen LogP contribution is 2.12. The Balaban J connectivity index is 2.65. The molecule has 0 unspecified atom stereocenters. The second-order valence-corrected chi connectivity index (χ2v) is 2.94. The number of rotatable bonds is 4. The Kier molecular flexibility index (Phi) is 3.50. The van der Waals surface area contributed by atoms with Gasteiger partial charge in [-0.25, -0.2) is 0 Å². The van der Waals surface area contributed by atoms with E-state index < -0.39 is 0 Å². The molecule has 0 aliphatic carbocycles. The summed E-state index contributed by atoms with van der Waals surface area (Å²) in [5, 5.41) is 4.08. The van der Waals surface area contributed by atoms with E-state index in [9.17, 15) is 4.79 Å². The summed E-state index contributed by atoms with van der Waals surface area (Å²) in [7, 11) is 1.38. The van der Waals surface area contributed by atoms with E-state index in [1.807, 2.05) is 6.92 Å². The molecule has 0 radical (unpaired) electrons. The average molecular weight is 197 g/mol. The zero-order chi connectivity index (χ0) is 10.6. The molecular formula is C9H15N3O2. The molecule has 1 rings (SSSR count). The van der Waals surface area contributed by atoms with E-state index in [0.29, 0.717) is 18.5 Å². The number of ether oxygens (including phenoxy) is 1. The number of aryl methyl sites for hydroxylation is 1. The van der Waals surface area contributed by atoms with Crippen LogP contribution in [-0.4, -0.2) is 22.9 Å². The summed E-state index contributed by atoms with van der Waals surface area (Å²) in [6.07, 6.45) is 2.52. The van der Waals surface area contributed by atoms with Crippen molar-refractivity contribution < 1.29 is 9.53 Å². The van der Waals surface area contributed by atoms with Crippen LogP contribution in [0.15, 0.2) is 6.20 Å². The van der Waals surface area contributed by atoms with Gasteiger partial charge in [0.2, 0.25) is 0 Å². The van der Waals surface area contributed by atoms with Gasteiger partial charge in [0.15, 0.2) is 0 Å². The van der Waals surface area contributed by atoms with Gasteiger partial charge >= 0.3 is 5.97 Å². The smallest absolute Gasteiger partial charge is 0.305 e. The van der Waals surface area contributed by atoms with Crippen molar-refractivity contribution in [1.29, 1.82) is 0 Å². The maximum atomic E-state index is 10.9. The van der Waals surface area contributed by atoms with Crippen molar-refractivity contribution in [3.63, 3.8) is 0 Å². The van der Waals surface area contributed by atoms with Crippen LogP contribution in [0.25, 0.3) is 0 Å². The Morgan fingerprint density at radius 2 is 2.43 bits per heavy atom. The van der Waals surface area contributed by atoms with Crippen molar-refractivity contribution in [2.45, 2.75) is 26.3 Å². The van der Waals surface area contributed by atoms with Crippen molar-refractivity contribution in [3.8, 4) is 0 Å². The number of nitrogens with two attached hydrogens (primary N) is 1.